The van der Waals surface area contributed by atoms with Crippen molar-refractivity contribution in [2.45, 2.75) is 19.8 Å². The lowest BCUT2D eigenvalue weighted by molar-refractivity contribution is -0.127. The fraction of sp³-hybridized carbons (Fsp3) is 0.375. The topological polar surface area (TPSA) is 33.2 Å². The number of hydrogen-bond acceptors (Lipinski definition) is 2. The maximum absolute atomic E-state index is 11.4. The summed E-state index contributed by atoms with van der Waals surface area (Å²) in [5, 5.41) is 1.20. The van der Waals surface area contributed by atoms with Gasteiger partial charge in [-0.1, -0.05) is 24.3 Å². The number of benzene rings is 1. The summed E-state index contributed by atoms with van der Waals surface area (Å²) >= 11 is 0. The van der Waals surface area contributed by atoms with Gasteiger partial charge < -0.3 is 4.90 Å². The molecule has 0 bridgehead atoms. The highest BCUT2D eigenvalue weighted by atomic mass is 16.2. The average Bonchev–Trinajstić information content (AvgIpc) is 2.88. The summed E-state index contributed by atoms with van der Waals surface area (Å²) in [7, 11) is 0. The summed E-state index contributed by atoms with van der Waals surface area (Å²) in [5.74, 6) is 0.759. The van der Waals surface area contributed by atoms with Crippen LogP contribution in [0.2, 0.25) is 0 Å². The first-order chi connectivity index (χ1) is 9.24. The van der Waals surface area contributed by atoms with Crippen molar-refractivity contribution >= 4 is 16.8 Å². The third-order valence-corrected chi connectivity index (χ3v) is 3.96. The number of fused-ring (bicyclic) bond motifs is 1. The summed E-state index contributed by atoms with van der Waals surface area (Å²) in [4.78, 5) is 17.8. The van der Waals surface area contributed by atoms with E-state index < -0.39 is 0 Å². The quantitative estimate of drug-likeness (QED) is 0.825. The van der Waals surface area contributed by atoms with Gasteiger partial charge in [-0.25, -0.2) is 0 Å². The highest BCUT2D eigenvalue weighted by Crippen LogP contribution is 2.24. The lowest BCUT2D eigenvalue weighted by Crippen LogP contribution is -2.26. The van der Waals surface area contributed by atoms with E-state index in [-0.39, 0.29) is 5.91 Å². The van der Waals surface area contributed by atoms with E-state index in [0.29, 0.717) is 5.92 Å². The second kappa shape index (κ2) is 5.00. The Morgan fingerprint density at radius 1 is 1.37 bits per heavy atom. The van der Waals surface area contributed by atoms with Crippen LogP contribution >= 0.6 is 0 Å². The van der Waals surface area contributed by atoms with Crippen LogP contribution < -0.4 is 0 Å². The van der Waals surface area contributed by atoms with Crippen LogP contribution in [-0.4, -0.2) is 28.9 Å². The summed E-state index contributed by atoms with van der Waals surface area (Å²) < 4.78 is 0. The molecule has 0 spiro atoms. The van der Waals surface area contributed by atoms with Gasteiger partial charge in [0.25, 0.3) is 0 Å². The van der Waals surface area contributed by atoms with Crippen molar-refractivity contribution in [3.05, 3.63) is 42.1 Å². The molecule has 1 unspecified atom stereocenters. The van der Waals surface area contributed by atoms with Gasteiger partial charge in [0, 0.05) is 31.6 Å². The molecule has 1 atom stereocenters. The summed E-state index contributed by atoms with van der Waals surface area (Å²) in [6, 6.07) is 10.4. The van der Waals surface area contributed by atoms with Gasteiger partial charge in [-0.2, -0.15) is 0 Å². The second-order valence-corrected chi connectivity index (χ2v) is 5.32. The first-order valence-electron chi connectivity index (χ1n) is 6.82. The summed E-state index contributed by atoms with van der Waals surface area (Å²) in [6.45, 7) is 3.44. The third-order valence-electron chi connectivity index (χ3n) is 3.96. The van der Waals surface area contributed by atoms with E-state index in [1.54, 1.807) is 6.92 Å². The number of rotatable bonds is 2. The molecule has 0 radical (unpaired) electrons. The van der Waals surface area contributed by atoms with Gasteiger partial charge in [0.05, 0.1) is 5.52 Å². The smallest absolute Gasteiger partial charge is 0.219 e. The molecule has 1 fully saturated rings. The van der Waals surface area contributed by atoms with Crippen LogP contribution in [-0.2, 0) is 11.2 Å². The van der Waals surface area contributed by atoms with Gasteiger partial charge in [0.15, 0.2) is 0 Å². The summed E-state index contributed by atoms with van der Waals surface area (Å²) in [6.07, 6.45) is 3.96. The van der Waals surface area contributed by atoms with E-state index in [1.165, 1.54) is 10.9 Å². The van der Waals surface area contributed by atoms with Gasteiger partial charge >= 0.3 is 0 Å². The van der Waals surface area contributed by atoms with E-state index in [1.807, 2.05) is 17.2 Å². The fourth-order valence-electron chi connectivity index (χ4n) is 2.93. The Labute approximate surface area is 113 Å². The minimum atomic E-state index is 0.193. The van der Waals surface area contributed by atoms with Crippen molar-refractivity contribution in [2.75, 3.05) is 13.1 Å². The number of pyridine rings is 1. The maximum Gasteiger partial charge on any atom is 0.219 e. The number of carbonyl (C=O) groups excluding carboxylic acids is 1. The second-order valence-electron chi connectivity index (χ2n) is 5.32. The number of para-hydroxylation sites is 1. The Hall–Kier alpha value is -1.90. The van der Waals surface area contributed by atoms with E-state index in [2.05, 4.69) is 29.2 Å². The lowest BCUT2D eigenvalue weighted by atomic mass is 9.97. The largest absolute Gasteiger partial charge is 0.343 e. The molecule has 1 aromatic carbocycles. The third kappa shape index (κ3) is 2.46. The molecule has 3 heteroatoms. The zero-order valence-electron chi connectivity index (χ0n) is 11.2. The van der Waals surface area contributed by atoms with Crippen LogP contribution in [0, 0.1) is 5.92 Å². The molecule has 2 heterocycles. The SMILES string of the molecule is CC(=O)N1CCC(Cc2cccc3cccnc23)C1. The molecule has 1 aliphatic heterocycles. The lowest BCUT2D eigenvalue weighted by Gasteiger charge is -2.14. The Balaban J connectivity index is 1.81. The number of aromatic nitrogens is 1. The van der Waals surface area contributed by atoms with Crippen LogP contribution in [0.5, 0.6) is 0 Å². The Bertz CT molecular complexity index is 603. The van der Waals surface area contributed by atoms with Crippen molar-refractivity contribution in [3.8, 4) is 0 Å². The maximum atomic E-state index is 11.4. The summed E-state index contributed by atoms with van der Waals surface area (Å²) in [5.41, 5.74) is 2.40. The Kier molecular flexibility index (Phi) is 3.20. The number of amides is 1. The van der Waals surface area contributed by atoms with Crippen molar-refractivity contribution in [3.63, 3.8) is 0 Å². The van der Waals surface area contributed by atoms with Crippen LogP contribution in [0.25, 0.3) is 10.9 Å². The van der Waals surface area contributed by atoms with E-state index >= 15 is 0 Å². The van der Waals surface area contributed by atoms with Gasteiger partial charge in [0.1, 0.15) is 0 Å². The highest BCUT2D eigenvalue weighted by Gasteiger charge is 2.24. The molecule has 2 aromatic rings. The zero-order chi connectivity index (χ0) is 13.2. The number of likely N-dealkylation sites (tertiary alicyclic amines) is 1. The molecule has 0 aliphatic carbocycles. The number of carbonyl (C=O) groups is 1. The first-order valence-corrected chi connectivity index (χ1v) is 6.82. The van der Waals surface area contributed by atoms with Gasteiger partial charge in [-0.3, -0.25) is 9.78 Å². The molecule has 19 heavy (non-hydrogen) atoms. The Morgan fingerprint density at radius 2 is 2.21 bits per heavy atom. The van der Waals surface area contributed by atoms with Crippen molar-refractivity contribution in [1.29, 1.82) is 0 Å². The minimum Gasteiger partial charge on any atom is -0.343 e. The van der Waals surface area contributed by atoms with Crippen LogP contribution in [0.4, 0.5) is 0 Å². The van der Waals surface area contributed by atoms with Crippen molar-refractivity contribution in [1.82, 2.24) is 9.88 Å². The van der Waals surface area contributed by atoms with Crippen LogP contribution in [0.15, 0.2) is 36.5 Å². The molecule has 0 N–H and O–H groups in total. The van der Waals surface area contributed by atoms with Gasteiger partial charge in [-0.05, 0) is 30.4 Å². The standard InChI is InChI=1S/C16H18N2O/c1-12(19)18-9-7-13(11-18)10-15-5-2-4-14-6-3-8-17-16(14)15/h2-6,8,13H,7,9-11H2,1H3. The van der Waals surface area contributed by atoms with Gasteiger partial charge in [0.2, 0.25) is 5.91 Å². The molecule has 1 saturated heterocycles. The molecule has 98 valence electrons. The van der Waals surface area contributed by atoms with E-state index in [0.717, 1.165) is 31.4 Å². The predicted octanol–water partition coefficient (Wildman–Crippen LogP) is 2.65. The first kappa shape index (κ1) is 12.2. The number of nitrogens with zero attached hydrogens (tertiary/aromatic N) is 2. The molecule has 1 amide bonds. The minimum absolute atomic E-state index is 0.193. The van der Waals surface area contributed by atoms with E-state index in [9.17, 15) is 4.79 Å². The van der Waals surface area contributed by atoms with E-state index in [4.69, 9.17) is 0 Å². The Morgan fingerprint density at radius 3 is 3.00 bits per heavy atom. The average molecular weight is 254 g/mol. The zero-order valence-corrected chi connectivity index (χ0v) is 11.2. The molecule has 0 saturated carbocycles. The predicted molar refractivity (Wildman–Crippen MR) is 75.8 cm³/mol. The molecule has 3 nitrogen and oxygen atoms in total. The van der Waals surface area contributed by atoms with Gasteiger partial charge in [-0.15, -0.1) is 0 Å². The molecular formula is C16H18N2O. The van der Waals surface area contributed by atoms with Crippen LogP contribution in [0.3, 0.4) is 0 Å². The van der Waals surface area contributed by atoms with Crippen molar-refractivity contribution in [2.24, 2.45) is 5.92 Å². The molecular weight excluding hydrogens is 236 g/mol. The normalized spacial score (nSPS) is 19.0. The number of hydrogen-bond donors (Lipinski definition) is 0. The molecule has 1 aliphatic rings. The monoisotopic (exact) mass is 254 g/mol. The molecule has 3 rings (SSSR count). The van der Waals surface area contributed by atoms with Crippen molar-refractivity contribution < 1.29 is 4.79 Å². The highest BCUT2D eigenvalue weighted by molar-refractivity contribution is 5.81. The fourth-order valence-corrected chi connectivity index (χ4v) is 2.93. The van der Waals surface area contributed by atoms with Crippen LogP contribution in [0.1, 0.15) is 18.9 Å². The molecule has 1 aromatic heterocycles.